The molecule has 0 aliphatic rings. The Morgan fingerprint density at radius 1 is 1.69 bits per heavy atom. The summed E-state index contributed by atoms with van der Waals surface area (Å²) in [6, 6.07) is 0. The largest absolute Gasteiger partial charge is 0.330 e. The van der Waals surface area contributed by atoms with Gasteiger partial charge in [-0.15, -0.1) is 0 Å². The molecule has 0 spiro atoms. The fourth-order valence-corrected chi connectivity index (χ4v) is 1.04. The number of hydrogen-bond acceptors (Lipinski definition) is 4. The molecular formula is C8H14N4O. The second-order valence-electron chi connectivity index (χ2n) is 2.91. The van der Waals surface area contributed by atoms with Crippen molar-refractivity contribution in [3.05, 3.63) is 12.2 Å². The van der Waals surface area contributed by atoms with Gasteiger partial charge in [0.1, 0.15) is 17.9 Å². The second kappa shape index (κ2) is 4.71. The molecule has 1 heterocycles. The standard InChI is InChI=1S/C8H14N4O/c1-12-8(10-6-11-12)5-7(13)3-2-4-9/h6H,2-5,9H2,1H3. The molecule has 0 aromatic carbocycles. The average molecular weight is 182 g/mol. The van der Waals surface area contributed by atoms with Crippen molar-refractivity contribution < 1.29 is 4.79 Å². The van der Waals surface area contributed by atoms with Gasteiger partial charge in [0, 0.05) is 13.5 Å². The number of nitrogens with zero attached hydrogens (tertiary/aromatic N) is 3. The molecule has 0 aliphatic heterocycles. The highest BCUT2D eigenvalue weighted by molar-refractivity contribution is 5.80. The average Bonchev–Trinajstić information content (AvgIpc) is 2.48. The number of aryl methyl sites for hydroxylation is 1. The number of carbonyl (C=O) groups excluding carboxylic acids is 1. The molecule has 0 saturated heterocycles. The van der Waals surface area contributed by atoms with Gasteiger partial charge in [-0.05, 0) is 13.0 Å². The van der Waals surface area contributed by atoms with Crippen molar-refractivity contribution in [2.75, 3.05) is 6.54 Å². The fraction of sp³-hybridized carbons (Fsp3) is 0.625. The van der Waals surface area contributed by atoms with Crippen LogP contribution in [0.25, 0.3) is 0 Å². The van der Waals surface area contributed by atoms with Crippen LogP contribution in [0.5, 0.6) is 0 Å². The van der Waals surface area contributed by atoms with Gasteiger partial charge in [0.2, 0.25) is 0 Å². The van der Waals surface area contributed by atoms with E-state index in [4.69, 9.17) is 5.73 Å². The van der Waals surface area contributed by atoms with E-state index in [1.807, 2.05) is 0 Å². The highest BCUT2D eigenvalue weighted by atomic mass is 16.1. The monoisotopic (exact) mass is 182 g/mol. The van der Waals surface area contributed by atoms with Gasteiger partial charge in [-0.2, -0.15) is 5.10 Å². The summed E-state index contributed by atoms with van der Waals surface area (Å²) in [6.45, 7) is 0.560. The van der Waals surface area contributed by atoms with Crippen LogP contribution in [0.4, 0.5) is 0 Å². The van der Waals surface area contributed by atoms with Crippen LogP contribution in [0.2, 0.25) is 0 Å². The second-order valence-corrected chi connectivity index (χ2v) is 2.91. The first-order chi connectivity index (χ1) is 6.24. The smallest absolute Gasteiger partial charge is 0.140 e. The third kappa shape index (κ3) is 2.95. The molecule has 0 saturated carbocycles. The van der Waals surface area contributed by atoms with E-state index in [2.05, 4.69) is 10.1 Å². The molecule has 0 aliphatic carbocycles. The minimum atomic E-state index is 0.168. The molecule has 0 fully saturated rings. The van der Waals surface area contributed by atoms with Gasteiger partial charge in [0.15, 0.2) is 0 Å². The molecule has 0 atom stereocenters. The highest BCUT2D eigenvalue weighted by Crippen LogP contribution is 1.98. The van der Waals surface area contributed by atoms with E-state index < -0.39 is 0 Å². The summed E-state index contributed by atoms with van der Waals surface area (Å²) < 4.78 is 1.61. The van der Waals surface area contributed by atoms with Gasteiger partial charge in [-0.1, -0.05) is 0 Å². The summed E-state index contributed by atoms with van der Waals surface area (Å²) in [5, 5.41) is 3.88. The van der Waals surface area contributed by atoms with E-state index >= 15 is 0 Å². The quantitative estimate of drug-likeness (QED) is 0.676. The summed E-state index contributed by atoms with van der Waals surface area (Å²) >= 11 is 0. The third-order valence-electron chi connectivity index (χ3n) is 1.82. The van der Waals surface area contributed by atoms with Crippen LogP contribution in [-0.4, -0.2) is 27.1 Å². The van der Waals surface area contributed by atoms with Crippen LogP contribution in [0.15, 0.2) is 6.33 Å². The molecule has 5 nitrogen and oxygen atoms in total. The first-order valence-corrected chi connectivity index (χ1v) is 4.28. The Morgan fingerprint density at radius 3 is 3.00 bits per heavy atom. The van der Waals surface area contributed by atoms with Gasteiger partial charge < -0.3 is 5.73 Å². The van der Waals surface area contributed by atoms with E-state index in [-0.39, 0.29) is 5.78 Å². The third-order valence-corrected chi connectivity index (χ3v) is 1.82. The first kappa shape index (κ1) is 9.85. The van der Waals surface area contributed by atoms with Crippen molar-refractivity contribution in [3.63, 3.8) is 0 Å². The summed E-state index contributed by atoms with van der Waals surface area (Å²) in [6.07, 6.45) is 3.09. The molecule has 72 valence electrons. The summed E-state index contributed by atoms with van der Waals surface area (Å²) in [4.78, 5) is 15.2. The molecule has 2 N–H and O–H groups in total. The maximum atomic E-state index is 11.3. The van der Waals surface area contributed by atoms with Crippen LogP contribution < -0.4 is 5.73 Å². The lowest BCUT2D eigenvalue weighted by Gasteiger charge is -1.98. The van der Waals surface area contributed by atoms with Crippen LogP contribution in [0, 0.1) is 0 Å². The molecule has 0 unspecified atom stereocenters. The predicted octanol–water partition coefficient (Wildman–Crippen LogP) is -0.334. The molecule has 1 rings (SSSR count). The van der Waals surface area contributed by atoms with Gasteiger partial charge in [-0.3, -0.25) is 9.48 Å². The zero-order chi connectivity index (χ0) is 9.68. The molecule has 13 heavy (non-hydrogen) atoms. The Bertz CT molecular complexity index is 281. The minimum Gasteiger partial charge on any atom is -0.330 e. The predicted molar refractivity (Wildman–Crippen MR) is 48.0 cm³/mol. The highest BCUT2D eigenvalue weighted by Gasteiger charge is 2.07. The van der Waals surface area contributed by atoms with Crippen molar-refractivity contribution in [2.24, 2.45) is 12.8 Å². The van der Waals surface area contributed by atoms with E-state index in [1.54, 1.807) is 11.7 Å². The maximum absolute atomic E-state index is 11.3. The number of carbonyl (C=O) groups is 1. The first-order valence-electron chi connectivity index (χ1n) is 4.28. The van der Waals surface area contributed by atoms with Crippen LogP contribution in [-0.2, 0) is 18.3 Å². The molecule has 0 radical (unpaired) electrons. The van der Waals surface area contributed by atoms with E-state index in [0.717, 1.165) is 6.42 Å². The summed E-state index contributed by atoms with van der Waals surface area (Å²) in [5.41, 5.74) is 5.29. The molecular weight excluding hydrogens is 168 g/mol. The number of ketones is 1. The van der Waals surface area contributed by atoms with Crippen molar-refractivity contribution in [1.29, 1.82) is 0 Å². The van der Waals surface area contributed by atoms with Crippen molar-refractivity contribution in [3.8, 4) is 0 Å². The normalized spacial score (nSPS) is 10.3. The number of rotatable bonds is 5. The molecule has 1 aromatic heterocycles. The topological polar surface area (TPSA) is 73.8 Å². The van der Waals surface area contributed by atoms with Gasteiger partial charge in [0.25, 0.3) is 0 Å². The van der Waals surface area contributed by atoms with Gasteiger partial charge in [-0.25, -0.2) is 4.98 Å². The van der Waals surface area contributed by atoms with Gasteiger partial charge in [0.05, 0.1) is 6.42 Å². The number of nitrogens with two attached hydrogens (primary N) is 1. The van der Waals surface area contributed by atoms with E-state index in [0.29, 0.717) is 25.2 Å². The fourth-order valence-electron chi connectivity index (χ4n) is 1.04. The Balaban J connectivity index is 2.41. The molecule has 5 heteroatoms. The molecule has 0 bridgehead atoms. The lowest BCUT2D eigenvalue weighted by Crippen LogP contribution is -2.10. The van der Waals surface area contributed by atoms with E-state index in [9.17, 15) is 4.79 Å². The Kier molecular flexibility index (Phi) is 3.57. The minimum absolute atomic E-state index is 0.168. The Labute approximate surface area is 76.9 Å². The maximum Gasteiger partial charge on any atom is 0.140 e. The summed E-state index contributed by atoms with van der Waals surface area (Å²) in [5.74, 6) is 0.878. The summed E-state index contributed by atoms with van der Waals surface area (Å²) in [7, 11) is 1.78. The Morgan fingerprint density at radius 2 is 2.46 bits per heavy atom. The van der Waals surface area contributed by atoms with E-state index in [1.165, 1.54) is 6.33 Å². The van der Waals surface area contributed by atoms with Crippen molar-refractivity contribution >= 4 is 5.78 Å². The van der Waals surface area contributed by atoms with Crippen molar-refractivity contribution in [1.82, 2.24) is 14.8 Å². The number of hydrogen-bond donors (Lipinski definition) is 1. The molecule has 0 amide bonds. The van der Waals surface area contributed by atoms with Crippen molar-refractivity contribution in [2.45, 2.75) is 19.3 Å². The lowest BCUT2D eigenvalue weighted by atomic mass is 10.1. The van der Waals surface area contributed by atoms with Crippen LogP contribution in [0.1, 0.15) is 18.7 Å². The number of aromatic nitrogens is 3. The van der Waals surface area contributed by atoms with Crippen LogP contribution >= 0.6 is 0 Å². The lowest BCUT2D eigenvalue weighted by molar-refractivity contribution is -0.118. The zero-order valence-electron chi connectivity index (χ0n) is 7.73. The Hall–Kier alpha value is -1.23. The van der Waals surface area contributed by atoms with Gasteiger partial charge >= 0.3 is 0 Å². The number of Topliss-reactive ketones (excluding diaryl/α,β-unsaturated/α-hetero) is 1. The zero-order valence-corrected chi connectivity index (χ0v) is 7.73. The SMILES string of the molecule is Cn1ncnc1CC(=O)CCCN. The van der Waals surface area contributed by atoms with Crippen LogP contribution in [0.3, 0.4) is 0 Å². The molecule has 1 aromatic rings.